The first-order valence-corrected chi connectivity index (χ1v) is 7.17. The molecule has 1 saturated carbocycles. The van der Waals surface area contributed by atoms with E-state index in [-0.39, 0.29) is 0 Å². The molecule has 18 heavy (non-hydrogen) atoms. The molecule has 100 valence electrons. The largest absolute Gasteiger partial charge is 0.308 e. The number of hydrogen-bond acceptors (Lipinski definition) is 2. The molecule has 0 spiro atoms. The minimum Gasteiger partial charge on any atom is -0.308 e. The topological polar surface area (TPSA) is 15.3 Å². The normalized spacial score (nSPS) is 17.4. The Balaban J connectivity index is 1.83. The van der Waals surface area contributed by atoms with E-state index in [1.165, 1.54) is 18.4 Å². The van der Waals surface area contributed by atoms with Crippen LogP contribution in [0.4, 0.5) is 0 Å². The molecular formula is C16H26N2. The van der Waals surface area contributed by atoms with Gasteiger partial charge in [-0.15, -0.1) is 0 Å². The summed E-state index contributed by atoms with van der Waals surface area (Å²) in [6.07, 6.45) is 2.78. The van der Waals surface area contributed by atoms with Crippen molar-refractivity contribution < 1.29 is 0 Å². The summed E-state index contributed by atoms with van der Waals surface area (Å²) in [5.41, 5.74) is 1.40. The van der Waals surface area contributed by atoms with Gasteiger partial charge in [-0.3, -0.25) is 0 Å². The third-order valence-corrected chi connectivity index (χ3v) is 3.82. The summed E-state index contributed by atoms with van der Waals surface area (Å²) < 4.78 is 0. The highest BCUT2D eigenvalue weighted by atomic mass is 15.2. The lowest BCUT2D eigenvalue weighted by Gasteiger charge is -2.25. The Kier molecular flexibility index (Phi) is 4.79. The van der Waals surface area contributed by atoms with Crippen LogP contribution in [0, 0.1) is 5.92 Å². The molecule has 0 aliphatic heterocycles. The van der Waals surface area contributed by atoms with Gasteiger partial charge in [0, 0.05) is 25.2 Å². The van der Waals surface area contributed by atoms with Gasteiger partial charge in [0.15, 0.2) is 0 Å². The molecule has 1 aromatic carbocycles. The van der Waals surface area contributed by atoms with Crippen molar-refractivity contribution in [2.75, 3.05) is 20.1 Å². The van der Waals surface area contributed by atoms with Crippen molar-refractivity contribution >= 4 is 0 Å². The van der Waals surface area contributed by atoms with Crippen molar-refractivity contribution in [3.05, 3.63) is 35.9 Å². The maximum absolute atomic E-state index is 3.71. The second-order valence-electron chi connectivity index (χ2n) is 5.80. The third kappa shape index (κ3) is 3.82. The summed E-state index contributed by atoms with van der Waals surface area (Å²) in [5.74, 6) is 0.624. The fourth-order valence-corrected chi connectivity index (χ4v) is 2.49. The van der Waals surface area contributed by atoms with Crippen LogP contribution in [-0.2, 0) is 0 Å². The van der Waals surface area contributed by atoms with Crippen LogP contribution >= 0.6 is 0 Å². The second kappa shape index (κ2) is 6.35. The standard InChI is InChI=1S/C16H26N2/c1-13(2)16(14-7-5-4-6-8-14)17-11-12-18(3)15-9-10-15/h4-8,13,15-17H,9-12H2,1-3H3. The van der Waals surface area contributed by atoms with Gasteiger partial charge in [0.25, 0.3) is 0 Å². The molecule has 1 aromatic rings. The lowest BCUT2D eigenvalue weighted by atomic mass is 9.96. The van der Waals surface area contributed by atoms with E-state index in [4.69, 9.17) is 0 Å². The molecule has 1 aliphatic rings. The molecule has 0 saturated heterocycles. The number of likely N-dealkylation sites (N-methyl/N-ethyl adjacent to an activating group) is 1. The summed E-state index contributed by atoms with van der Waals surface area (Å²) in [4.78, 5) is 2.48. The molecule has 0 amide bonds. The van der Waals surface area contributed by atoms with Gasteiger partial charge in [0.05, 0.1) is 0 Å². The maximum Gasteiger partial charge on any atom is 0.0343 e. The van der Waals surface area contributed by atoms with Crippen molar-refractivity contribution in [1.29, 1.82) is 0 Å². The molecular weight excluding hydrogens is 220 g/mol. The molecule has 0 aromatic heterocycles. The van der Waals surface area contributed by atoms with Crippen molar-refractivity contribution in [3.63, 3.8) is 0 Å². The first-order valence-electron chi connectivity index (χ1n) is 7.17. The van der Waals surface area contributed by atoms with Gasteiger partial charge >= 0.3 is 0 Å². The Morgan fingerprint density at radius 1 is 1.22 bits per heavy atom. The van der Waals surface area contributed by atoms with Crippen molar-refractivity contribution in [2.24, 2.45) is 5.92 Å². The highest BCUT2D eigenvalue weighted by molar-refractivity contribution is 5.19. The van der Waals surface area contributed by atoms with Crippen LogP contribution in [0.15, 0.2) is 30.3 Å². The van der Waals surface area contributed by atoms with Crippen molar-refractivity contribution in [2.45, 2.75) is 38.8 Å². The molecule has 0 bridgehead atoms. The van der Waals surface area contributed by atoms with Crippen LogP contribution in [0.3, 0.4) is 0 Å². The number of benzene rings is 1. The number of rotatable bonds is 7. The van der Waals surface area contributed by atoms with E-state index in [0.717, 1.165) is 19.1 Å². The van der Waals surface area contributed by atoms with Gasteiger partial charge in [-0.1, -0.05) is 44.2 Å². The van der Waals surface area contributed by atoms with E-state index in [1.54, 1.807) is 0 Å². The molecule has 1 N–H and O–H groups in total. The van der Waals surface area contributed by atoms with Gasteiger partial charge in [0.2, 0.25) is 0 Å². The number of hydrogen-bond donors (Lipinski definition) is 1. The molecule has 2 nitrogen and oxygen atoms in total. The zero-order chi connectivity index (χ0) is 13.0. The Hall–Kier alpha value is -0.860. The van der Waals surface area contributed by atoms with Crippen LogP contribution in [0.25, 0.3) is 0 Å². The molecule has 2 heteroatoms. The molecule has 2 rings (SSSR count). The minimum absolute atomic E-state index is 0.471. The summed E-state index contributed by atoms with van der Waals surface area (Å²) in [7, 11) is 2.24. The minimum atomic E-state index is 0.471. The molecule has 1 aliphatic carbocycles. The van der Waals surface area contributed by atoms with Crippen LogP contribution in [-0.4, -0.2) is 31.1 Å². The lowest BCUT2D eigenvalue weighted by Crippen LogP contribution is -2.34. The zero-order valence-corrected chi connectivity index (χ0v) is 11.9. The van der Waals surface area contributed by atoms with Gasteiger partial charge in [-0.2, -0.15) is 0 Å². The van der Waals surface area contributed by atoms with E-state index in [2.05, 4.69) is 61.4 Å². The summed E-state index contributed by atoms with van der Waals surface area (Å²) in [5, 5.41) is 3.71. The summed E-state index contributed by atoms with van der Waals surface area (Å²) in [6.45, 7) is 6.80. The zero-order valence-electron chi connectivity index (χ0n) is 11.9. The van der Waals surface area contributed by atoms with Crippen molar-refractivity contribution in [1.82, 2.24) is 10.2 Å². The van der Waals surface area contributed by atoms with E-state index in [1.807, 2.05) is 0 Å². The Morgan fingerprint density at radius 3 is 2.44 bits per heavy atom. The smallest absolute Gasteiger partial charge is 0.0343 e. The van der Waals surface area contributed by atoms with Crippen molar-refractivity contribution in [3.8, 4) is 0 Å². The van der Waals surface area contributed by atoms with E-state index < -0.39 is 0 Å². The van der Waals surface area contributed by atoms with Crippen LogP contribution in [0.2, 0.25) is 0 Å². The van der Waals surface area contributed by atoms with E-state index in [9.17, 15) is 0 Å². The molecule has 0 heterocycles. The van der Waals surface area contributed by atoms with Crippen LogP contribution in [0.5, 0.6) is 0 Å². The fraction of sp³-hybridized carbons (Fsp3) is 0.625. The predicted octanol–water partition coefficient (Wildman–Crippen LogP) is 3.07. The summed E-state index contributed by atoms with van der Waals surface area (Å²) in [6, 6.07) is 12.1. The van der Waals surface area contributed by atoms with Gasteiger partial charge in [0.1, 0.15) is 0 Å². The Labute approximate surface area is 111 Å². The fourth-order valence-electron chi connectivity index (χ4n) is 2.49. The average molecular weight is 246 g/mol. The number of nitrogens with zero attached hydrogens (tertiary/aromatic N) is 1. The maximum atomic E-state index is 3.71. The Morgan fingerprint density at radius 2 is 1.89 bits per heavy atom. The average Bonchev–Trinajstić information content (AvgIpc) is 3.19. The van der Waals surface area contributed by atoms with E-state index >= 15 is 0 Å². The van der Waals surface area contributed by atoms with Crippen LogP contribution < -0.4 is 5.32 Å². The van der Waals surface area contributed by atoms with Gasteiger partial charge in [-0.25, -0.2) is 0 Å². The monoisotopic (exact) mass is 246 g/mol. The molecule has 0 radical (unpaired) electrons. The third-order valence-electron chi connectivity index (χ3n) is 3.82. The summed E-state index contributed by atoms with van der Waals surface area (Å²) >= 11 is 0. The first-order chi connectivity index (χ1) is 8.68. The van der Waals surface area contributed by atoms with Crippen LogP contribution in [0.1, 0.15) is 38.3 Å². The highest BCUT2D eigenvalue weighted by Crippen LogP contribution is 2.25. The quantitative estimate of drug-likeness (QED) is 0.795. The SMILES string of the molecule is CC(C)C(NCCN(C)C1CC1)c1ccccc1. The lowest BCUT2D eigenvalue weighted by molar-refractivity contribution is 0.303. The molecule has 1 atom stereocenters. The highest BCUT2D eigenvalue weighted by Gasteiger charge is 2.25. The van der Waals surface area contributed by atoms with E-state index in [0.29, 0.717) is 12.0 Å². The second-order valence-corrected chi connectivity index (χ2v) is 5.80. The number of nitrogens with one attached hydrogen (secondary N) is 1. The molecule has 1 fully saturated rings. The Bertz CT molecular complexity index is 343. The van der Waals surface area contributed by atoms with Gasteiger partial charge < -0.3 is 10.2 Å². The molecule has 1 unspecified atom stereocenters. The van der Waals surface area contributed by atoms with Gasteiger partial charge in [-0.05, 0) is 31.4 Å². The predicted molar refractivity (Wildman–Crippen MR) is 77.7 cm³/mol. The first kappa shape index (κ1) is 13.6.